The van der Waals surface area contributed by atoms with Gasteiger partial charge < -0.3 is 19.5 Å². The molecule has 0 unspecified atom stereocenters. The first-order valence-electron chi connectivity index (χ1n) is 10.5. The number of esters is 1. The number of carbonyl (C=O) groups excluding carboxylic acids is 1. The molecular weight excluding hydrogens is 384 g/mol. The van der Waals surface area contributed by atoms with Crippen LogP contribution < -0.4 is 5.32 Å². The first-order valence-corrected chi connectivity index (χ1v) is 10.9. The number of thiocarbonyl (C=S) groups is 1. The first kappa shape index (κ1) is 19.9. The maximum absolute atomic E-state index is 12.3. The molecule has 0 bridgehead atoms. The van der Waals surface area contributed by atoms with E-state index in [1.807, 2.05) is 30.0 Å². The molecule has 1 aliphatic heterocycles. The molecule has 2 aliphatic rings. The number of hydrogen-bond donors (Lipinski definition) is 1. The van der Waals surface area contributed by atoms with E-state index in [2.05, 4.69) is 33.2 Å². The molecule has 154 valence electrons. The zero-order chi connectivity index (χ0) is 20.2. The Balaban J connectivity index is 1.71. The highest BCUT2D eigenvalue weighted by Gasteiger charge is 2.42. The molecule has 4 rings (SSSR count). The molecule has 1 N–H and O–H groups in total. The summed E-state index contributed by atoms with van der Waals surface area (Å²) in [5.74, 6) is -0.265. The van der Waals surface area contributed by atoms with Crippen LogP contribution in [0.15, 0.2) is 42.7 Å². The Kier molecular flexibility index (Phi) is 6.13. The fourth-order valence-corrected chi connectivity index (χ4v) is 4.90. The molecular formula is C22H28N4O2S. The summed E-state index contributed by atoms with van der Waals surface area (Å²) in [5, 5.41) is 3.97. The van der Waals surface area contributed by atoms with Gasteiger partial charge in [0.1, 0.15) is 6.54 Å². The number of carbonyl (C=O) groups is 1. The second-order valence-electron chi connectivity index (χ2n) is 7.69. The lowest BCUT2D eigenvalue weighted by atomic mass is 9.94. The molecule has 1 saturated carbocycles. The smallest absolute Gasteiger partial charge is 0.325 e. The van der Waals surface area contributed by atoms with Crippen molar-refractivity contribution in [1.29, 1.82) is 0 Å². The van der Waals surface area contributed by atoms with Crippen LogP contribution in [-0.2, 0) is 9.53 Å². The van der Waals surface area contributed by atoms with Gasteiger partial charge in [0.2, 0.25) is 0 Å². The van der Waals surface area contributed by atoms with Crippen molar-refractivity contribution in [2.45, 2.75) is 57.2 Å². The van der Waals surface area contributed by atoms with Crippen molar-refractivity contribution in [1.82, 2.24) is 19.8 Å². The van der Waals surface area contributed by atoms with Gasteiger partial charge in [-0.1, -0.05) is 25.3 Å². The number of nitrogens with zero attached hydrogens (tertiary/aromatic N) is 3. The monoisotopic (exact) mass is 412 g/mol. The minimum absolute atomic E-state index is 0.112. The van der Waals surface area contributed by atoms with Crippen LogP contribution in [0.2, 0.25) is 0 Å². The highest BCUT2D eigenvalue weighted by atomic mass is 32.1. The number of pyridine rings is 1. The number of nitrogens with one attached hydrogen (secondary N) is 1. The van der Waals surface area contributed by atoms with Crippen LogP contribution in [0.5, 0.6) is 0 Å². The highest BCUT2D eigenvalue weighted by molar-refractivity contribution is 7.80. The molecule has 2 aromatic rings. The van der Waals surface area contributed by atoms with Gasteiger partial charge in [0, 0.05) is 24.1 Å². The van der Waals surface area contributed by atoms with E-state index in [1.54, 1.807) is 6.20 Å². The van der Waals surface area contributed by atoms with Crippen LogP contribution in [-0.4, -0.2) is 38.7 Å². The summed E-state index contributed by atoms with van der Waals surface area (Å²) >= 11 is 5.64. The molecule has 3 heterocycles. The van der Waals surface area contributed by atoms with Crippen LogP contribution in [0.4, 0.5) is 0 Å². The molecule has 0 amide bonds. The van der Waals surface area contributed by atoms with Crippen molar-refractivity contribution in [2.24, 2.45) is 0 Å². The third-order valence-electron chi connectivity index (χ3n) is 5.89. The zero-order valence-electron chi connectivity index (χ0n) is 16.8. The summed E-state index contributed by atoms with van der Waals surface area (Å²) in [6, 6.07) is 10.4. The van der Waals surface area contributed by atoms with Gasteiger partial charge in [-0.3, -0.25) is 9.78 Å². The largest absolute Gasteiger partial charge is 0.465 e. The number of aromatic nitrogens is 2. The van der Waals surface area contributed by atoms with Gasteiger partial charge in [-0.2, -0.15) is 0 Å². The third-order valence-corrected chi connectivity index (χ3v) is 6.24. The number of hydrogen-bond acceptors (Lipinski definition) is 4. The summed E-state index contributed by atoms with van der Waals surface area (Å²) in [4.78, 5) is 18.8. The van der Waals surface area contributed by atoms with Crippen LogP contribution in [0, 0.1) is 0 Å². The normalized spacial score (nSPS) is 22.5. The van der Waals surface area contributed by atoms with Crippen LogP contribution in [0.3, 0.4) is 0 Å². The molecule has 29 heavy (non-hydrogen) atoms. The molecule has 1 aliphatic carbocycles. The first-order chi connectivity index (χ1) is 14.2. The number of ether oxygens (including phenoxy) is 1. The SMILES string of the molecule is CCOC(=O)CN1C(=S)N[C@H](c2ccccn2)[C@H]1c1cccn1C1CCCCC1. The molecule has 0 aromatic carbocycles. The van der Waals surface area contributed by atoms with Gasteiger partial charge >= 0.3 is 5.97 Å². The molecule has 6 nitrogen and oxygen atoms in total. The minimum Gasteiger partial charge on any atom is -0.465 e. The third kappa shape index (κ3) is 4.15. The van der Waals surface area contributed by atoms with Gasteiger partial charge in [-0.25, -0.2) is 0 Å². The lowest BCUT2D eigenvalue weighted by Gasteiger charge is -2.32. The fourth-order valence-electron chi connectivity index (χ4n) is 4.59. The van der Waals surface area contributed by atoms with Gasteiger partial charge in [0.15, 0.2) is 5.11 Å². The Morgan fingerprint density at radius 3 is 2.79 bits per heavy atom. The van der Waals surface area contributed by atoms with E-state index in [1.165, 1.54) is 37.8 Å². The summed E-state index contributed by atoms with van der Waals surface area (Å²) in [7, 11) is 0. The van der Waals surface area contributed by atoms with Crippen molar-refractivity contribution >= 4 is 23.3 Å². The van der Waals surface area contributed by atoms with E-state index < -0.39 is 0 Å². The quantitative estimate of drug-likeness (QED) is 0.573. The second kappa shape index (κ2) is 8.95. The van der Waals surface area contributed by atoms with E-state index in [0.29, 0.717) is 17.8 Å². The lowest BCUT2D eigenvalue weighted by molar-refractivity contribution is -0.143. The standard InChI is InChI=1S/C22H28N4O2S/c1-2-28-19(27)15-26-21(20(24-22(26)29)17-11-6-7-13-23-17)18-12-8-14-25(18)16-9-4-3-5-10-16/h6-8,11-14,16,20-21H,2-5,9-10,15H2,1H3,(H,24,29)/t20-,21-/m1/s1. The predicted molar refractivity (Wildman–Crippen MR) is 115 cm³/mol. The van der Waals surface area contributed by atoms with Crippen LogP contribution in [0.1, 0.15) is 68.5 Å². The zero-order valence-corrected chi connectivity index (χ0v) is 17.6. The molecule has 0 radical (unpaired) electrons. The average Bonchev–Trinajstić information content (AvgIpc) is 3.34. The van der Waals surface area contributed by atoms with Crippen molar-refractivity contribution in [3.63, 3.8) is 0 Å². The van der Waals surface area contributed by atoms with Gasteiger partial charge in [0.25, 0.3) is 0 Å². The van der Waals surface area contributed by atoms with Crippen LogP contribution >= 0.6 is 12.2 Å². The Morgan fingerprint density at radius 1 is 1.24 bits per heavy atom. The lowest BCUT2D eigenvalue weighted by Crippen LogP contribution is -2.36. The van der Waals surface area contributed by atoms with E-state index in [0.717, 1.165) is 5.69 Å². The van der Waals surface area contributed by atoms with Crippen molar-refractivity contribution in [3.8, 4) is 0 Å². The fraction of sp³-hybridized carbons (Fsp3) is 0.500. The Bertz CT molecular complexity index is 848. The van der Waals surface area contributed by atoms with Gasteiger partial charge in [0.05, 0.1) is 24.4 Å². The Hall–Kier alpha value is -2.41. The summed E-state index contributed by atoms with van der Waals surface area (Å²) in [6.07, 6.45) is 10.2. The molecule has 2 fully saturated rings. The minimum atomic E-state index is -0.265. The summed E-state index contributed by atoms with van der Waals surface area (Å²) < 4.78 is 7.61. The van der Waals surface area contributed by atoms with E-state index >= 15 is 0 Å². The second-order valence-corrected chi connectivity index (χ2v) is 8.08. The topological polar surface area (TPSA) is 59.4 Å². The molecule has 1 saturated heterocycles. The highest BCUT2D eigenvalue weighted by Crippen LogP contribution is 2.41. The Labute approximate surface area is 177 Å². The van der Waals surface area contributed by atoms with Gasteiger partial charge in [-0.05, 0) is 56.2 Å². The average molecular weight is 413 g/mol. The van der Waals surface area contributed by atoms with E-state index in [4.69, 9.17) is 17.0 Å². The summed E-state index contributed by atoms with van der Waals surface area (Å²) in [6.45, 7) is 2.31. The molecule has 0 spiro atoms. The van der Waals surface area contributed by atoms with Crippen molar-refractivity contribution in [3.05, 3.63) is 54.1 Å². The maximum Gasteiger partial charge on any atom is 0.325 e. The van der Waals surface area contributed by atoms with E-state index in [-0.39, 0.29) is 24.6 Å². The predicted octanol–water partition coefficient (Wildman–Crippen LogP) is 3.92. The molecule has 7 heteroatoms. The Morgan fingerprint density at radius 2 is 2.07 bits per heavy atom. The summed E-state index contributed by atoms with van der Waals surface area (Å²) in [5.41, 5.74) is 2.09. The maximum atomic E-state index is 12.3. The molecule has 2 atom stereocenters. The van der Waals surface area contributed by atoms with Crippen molar-refractivity contribution < 1.29 is 9.53 Å². The molecule has 2 aromatic heterocycles. The van der Waals surface area contributed by atoms with Gasteiger partial charge in [-0.15, -0.1) is 0 Å². The number of rotatable bonds is 6. The van der Waals surface area contributed by atoms with Crippen molar-refractivity contribution in [2.75, 3.05) is 13.2 Å². The van der Waals surface area contributed by atoms with Crippen LogP contribution in [0.25, 0.3) is 0 Å². The van der Waals surface area contributed by atoms with E-state index in [9.17, 15) is 4.79 Å².